The molecule has 2 aromatic rings. The number of Topliss-reactive ketones (excluding diaryl/α,β-unsaturated/α-hetero) is 2. The summed E-state index contributed by atoms with van der Waals surface area (Å²) in [6, 6.07) is 5.50. The number of hydrogen-bond acceptors (Lipinski definition) is 7. The number of carbonyl (C=O) groups is 2. The summed E-state index contributed by atoms with van der Waals surface area (Å²) in [5, 5.41) is 30.6. The van der Waals surface area contributed by atoms with Crippen molar-refractivity contribution in [1.82, 2.24) is 0 Å². The van der Waals surface area contributed by atoms with Crippen LogP contribution in [0.25, 0.3) is 0 Å². The number of rotatable bonds is 4. The van der Waals surface area contributed by atoms with Gasteiger partial charge in [-0.05, 0) is 45.7 Å². The van der Waals surface area contributed by atoms with Crippen molar-refractivity contribution in [1.29, 1.82) is 0 Å². The van der Waals surface area contributed by atoms with Crippen LogP contribution >= 0.6 is 0 Å². The molecule has 0 saturated carbocycles. The standard InChI is InChI=1S/C25H26O7/c1-13(2)5-4-8-25(3)12-18(29)23-19(32-25)7-6-15(24(23)30)20-11-17(28)22-16(27)9-14(26)10-21(22)31-20/h5-7,9-10,20,26-27,30H,4,8,11-12H2,1-3H3/t20-,25+/m0/s1. The first kappa shape index (κ1) is 21.7. The lowest BCUT2D eigenvalue weighted by Crippen LogP contribution is -2.39. The van der Waals surface area contributed by atoms with Crippen LogP contribution in [0.2, 0.25) is 0 Å². The summed E-state index contributed by atoms with van der Waals surface area (Å²) in [7, 11) is 0. The molecule has 0 aromatic heterocycles. The molecule has 32 heavy (non-hydrogen) atoms. The minimum absolute atomic E-state index is 0.0111. The van der Waals surface area contributed by atoms with Crippen LogP contribution in [0.1, 0.15) is 78.8 Å². The highest BCUT2D eigenvalue weighted by atomic mass is 16.5. The van der Waals surface area contributed by atoms with E-state index in [1.165, 1.54) is 11.6 Å². The minimum atomic E-state index is -0.875. The van der Waals surface area contributed by atoms with Crippen molar-refractivity contribution in [3.05, 3.63) is 52.6 Å². The Morgan fingerprint density at radius 2 is 1.84 bits per heavy atom. The van der Waals surface area contributed by atoms with Crippen LogP contribution in [0.15, 0.2) is 35.9 Å². The van der Waals surface area contributed by atoms with E-state index in [4.69, 9.17) is 9.47 Å². The van der Waals surface area contributed by atoms with Gasteiger partial charge in [-0.2, -0.15) is 0 Å². The minimum Gasteiger partial charge on any atom is -0.508 e. The molecule has 2 aliphatic rings. The molecular weight excluding hydrogens is 412 g/mol. The second-order valence-electron chi connectivity index (χ2n) is 8.92. The lowest BCUT2D eigenvalue weighted by Gasteiger charge is -2.36. The maximum absolute atomic E-state index is 13.0. The van der Waals surface area contributed by atoms with Gasteiger partial charge in [-0.1, -0.05) is 11.6 Å². The van der Waals surface area contributed by atoms with Gasteiger partial charge in [-0.3, -0.25) is 9.59 Å². The average Bonchev–Trinajstić information content (AvgIpc) is 2.66. The third kappa shape index (κ3) is 3.90. The van der Waals surface area contributed by atoms with Crippen molar-refractivity contribution < 1.29 is 34.4 Å². The van der Waals surface area contributed by atoms with Crippen LogP contribution in [-0.2, 0) is 0 Å². The Labute approximate surface area is 185 Å². The van der Waals surface area contributed by atoms with Crippen molar-refractivity contribution >= 4 is 11.6 Å². The lowest BCUT2D eigenvalue weighted by molar-refractivity contribution is 0.0468. The molecular formula is C25H26O7. The molecule has 7 nitrogen and oxygen atoms in total. The topological polar surface area (TPSA) is 113 Å². The number of phenolic OH excluding ortho intramolecular Hbond substituents is 3. The number of ketones is 2. The van der Waals surface area contributed by atoms with E-state index in [-0.39, 0.29) is 64.1 Å². The highest BCUT2D eigenvalue weighted by molar-refractivity contribution is 6.04. The van der Waals surface area contributed by atoms with Crippen molar-refractivity contribution in [3.63, 3.8) is 0 Å². The summed E-state index contributed by atoms with van der Waals surface area (Å²) < 4.78 is 11.9. The zero-order valence-electron chi connectivity index (χ0n) is 18.3. The monoisotopic (exact) mass is 438 g/mol. The van der Waals surface area contributed by atoms with Gasteiger partial charge < -0.3 is 24.8 Å². The van der Waals surface area contributed by atoms with E-state index in [2.05, 4.69) is 6.08 Å². The lowest BCUT2D eigenvalue weighted by atomic mass is 9.85. The Bertz CT molecular complexity index is 1140. The van der Waals surface area contributed by atoms with Crippen LogP contribution < -0.4 is 9.47 Å². The summed E-state index contributed by atoms with van der Waals surface area (Å²) in [5.41, 5.74) is 0.875. The van der Waals surface area contributed by atoms with E-state index in [1.807, 2.05) is 20.8 Å². The Morgan fingerprint density at radius 1 is 1.09 bits per heavy atom. The van der Waals surface area contributed by atoms with E-state index in [1.54, 1.807) is 12.1 Å². The maximum atomic E-state index is 13.0. The fourth-order valence-corrected chi connectivity index (χ4v) is 4.34. The summed E-state index contributed by atoms with van der Waals surface area (Å²) in [5.74, 6) is -1.18. The zero-order valence-corrected chi connectivity index (χ0v) is 18.3. The van der Waals surface area contributed by atoms with Gasteiger partial charge in [0.25, 0.3) is 0 Å². The first-order valence-corrected chi connectivity index (χ1v) is 10.6. The number of aromatic hydroxyl groups is 3. The molecule has 0 saturated heterocycles. The Hall–Kier alpha value is -3.48. The molecule has 0 aliphatic carbocycles. The summed E-state index contributed by atoms with van der Waals surface area (Å²) >= 11 is 0. The molecule has 0 spiro atoms. The number of hydrogen-bond donors (Lipinski definition) is 3. The first-order valence-electron chi connectivity index (χ1n) is 10.6. The smallest absolute Gasteiger partial charge is 0.174 e. The molecule has 7 heteroatoms. The Kier molecular flexibility index (Phi) is 5.36. The van der Waals surface area contributed by atoms with E-state index in [9.17, 15) is 24.9 Å². The van der Waals surface area contributed by atoms with Gasteiger partial charge in [0.2, 0.25) is 0 Å². The fourth-order valence-electron chi connectivity index (χ4n) is 4.34. The van der Waals surface area contributed by atoms with E-state index >= 15 is 0 Å². The summed E-state index contributed by atoms with van der Waals surface area (Å²) in [6.45, 7) is 5.92. The normalized spacial score (nSPS) is 21.8. The molecule has 0 amide bonds. The van der Waals surface area contributed by atoms with Crippen LogP contribution in [0.4, 0.5) is 0 Å². The first-order chi connectivity index (χ1) is 15.1. The van der Waals surface area contributed by atoms with Gasteiger partial charge in [-0.15, -0.1) is 0 Å². The van der Waals surface area contributed by atoms with Crippen molar-refractivity contribution in [3.8, 4) is 28.7 Å². The van der Waals surface area contributed by atoms with Gasteiger partial charge in [0.15, 0.2) is 11.6 Å². The third-order valence-electron chi connectivity index (χ3n) is 5.90. The molecule has 2 atom stereocenters. The van der Waals surface area contributed by atoms with Crippen LogP contribution in [0, 0.1) is 0 Å². The molecule has 2 aliphatic heterocycles. The summed E-state index contributed by atoms with van der Waals surface area (Å²) in [4.78, 5) is 25.6. The van der Waals surface area contributed by atoms with Gasteiger partial charge in [0.05, 0.1) is 12.8 Å². The Morgan fingerprint density at radius 3 is 2.56 bits per heavy atom. The van der Waals surface area contributed by atoms with Crippen molar-refractivity contribution in [2.24, 2.45) is 0 Å². The fraction of sp³-hybridized carbons (Fsp3) is 0.360. The molecule has 0 bridgehead atoms. The Balaban J connectivity index is 1.64. The van der Waals surface area contributed by atoms with Gasteiger partial charge in [-0.25, -0.2) is 0 Å². The second-order valence-corrected chi connectivity index (χ2v) is 8.92. The SMILES string of the molecule is CC(C)=CCC[C@]1(C)CC(=O)c2c(ccc([C@@H]3CC(=O)c4c(O)cc(O)cc4O3)c2O)O1. The van der Waals surface area contributed by atoms with Crippen molar-refractivity contribution in [2.75, 3.05) is 0 Å². The van der Waals surface area contributed by atoms with Gasteiger partial charge in [0.1, 0.15) is 51.6 Å². The van der Waals surface area contributed by atoms with E-state index in [0.717, 1.165) is 12.5 Å². The number of allylic oxidation sites excluding steroid dienone is 2. The second kappa shape index (κ2) is 7.89. The molecule has 0 unspecified atom stereocenters. The molecule has 4 rings (SSSR count). The molecule has 0 fully saturated rings. The number of fused-ring (bicyclic) bond motifs is 2. The quantitative estimate of drug-likeness (QED) is 0.577. The number of benzene rings is 2. The van der Waals surface area contributed by atoms with Crippen molar-refractivity contribution in [2.45, 2.75) is 58.2 Å². The molecule has 2 heterocycles. The molecule has 2 aromatic carbocycles. The largest absolute Gasteiger partial charge is 0.508 e. The van der Waals surface area contributed by atoms with Gasteiger partial charge in [0, 0.05) is 17.7 Å². The highest BCUT2D eigenvalue weighted by Gasteiger charge is 2.40. The molecule has 168 valence electrons. The van der Waals surface area contributed by atoms with Crippen LogP contribution in [0.5, 0.6) is 28.7 Å². The van der Waals surface area contributed by atoms with Crippen LogP contribution in [0.3, 0.4) is 0 Å². The third-order valence-corrected chi connectivity index (χ3v) is 5.90. The number of carbonyl (C=O) groups excluding carboxylic acids is 2. The zero-order chi connectivity index (χ0) is 23.2. The average molecular weight is 438 g/mol. The number of ether oxygens (including phenoxy) is 2. The molecule has 0 radical (unpaired) electrons. The maximum Gasteiger partial charge on any atom is 0.174 e. The summed E-state index contributed by atoms with van der Waals surface area (Å²) in [6.07, 6.45) is 2.66. The highest BCUT2D eigenvalue weighted by Crippen LogP contribution is 2.47. The van der Waals surface area contributed by atoms with E-state index < -0.39 is 11.7 Å². The number of phenols is 3. The predicted molar refractivity (Wildman–Crippen MR) is 117 cm³/mol. The van der Waals surface area contributed by atoms with E-state index in [0.29, 0.717) is 12.2 Å². The van der Waals surface area contributed by atoms with Gasteiger partial charge >= 0.3 is 0 Å². The molecule has 3 N–H and O–H groups in total. The predicted octanol–water partition coefficient (Wildman–Crippen LogP) is 4.98. The van der Waals surface area contributed by atoms with Crippen LogP contribution in [-0.4, -0.2) is 32.5 Å².